The molecule has 3 unspecified atom stereocenters. The number of rotatable bonds is 7. The lowest BCUT2D eigenvalue weighted by Crippen LogP contribution is -2.63. The Morgan fingerprint density at radius 2 is 1.79 bits per heavy atom. The largest absolute Gasteiger partial charge is 0.480 e. The number of piperidine rings is 2. The number of likely N-dealkylation sites (tertiary alicyclic amines) is 2. The molecule has 13 heteroatoms. The summed E-state index contributed by atoms with van der Waals surface area (Å²) < 4.78 is 85.4. The van der Waals surface area contributed by atoms with Crippen LogP contribution in [0.15, 0.2) is 22.0 Å². The molecule has 1 aromatic carbocycles. The van der Waals surface area contributed by atoms with Gasteiger partial charge in [0, 0.05) is 44.9 Å². The Morgan fingerprint density at radius 1 is 1.13 bits per heavy atom. The molecule has 0 bridgehead atoms. The van der Waals surface area contributed by atoms with Gasteiger partial charge in [0.1, 0.15) is 28.2 Å². The minimum absolute atomic E-state index is 0.0797. The number of amides is 1. The number of nitrogens with one attached hydrogen (secondary N) is 1. The SMILES string of the molecule is COC(=NC1(N2CCC(N3CCCC(Nc4cc(F)c(S(C)(=O)=O)cc4F)C3=O)CC2)CCC1C)C(C)(F)F. The van der Waals surface area contributed by atoms with Crippen LogP contribution in [0, 0.1) is 17.6 Å². The maximum atomic E-state index is 14.6. The molecule has 3 fully saturated rings. The average molecular weight is 577 g/mol. The summed E-state index contributed by atoms with van der Waals surface area (Å²) in [5.74, 6) is -5.97. The van der Waals surface area contributed by atoms with Gasteiger partial charge in [-0.2, -0.15) is 8.78 Å². The van der Waals surface area contributed by atoms with Crippen LogP contribution in [0.5, 0.6) is 0 Å². The summed E-state index contributed by atoms with van der Waals surface area (Å²) in [5, 5.41) is 2.77. The molecule has 218 valence electrons. The third-order valence-electron chi connectivity index (χ3n) is 8.28. The van der Waals surface area contributed by atoms with Crippen molar-refractivity contribution in [3.63, 3.8) is 0 Å². The molecule has 0 radical (unpaired) electrons. The lowest BCUT2D eigenvalue weighted by molar-refractivity contribution is -0.139. The first kappa shape index (κ1) is 29.6. The smallest absolute Gasteiger partial charge is 0.318 e. The highest BCUT2D eigenvalue weighted by atomic mass is 32.2. The molecule has 8 nitrogen and oxygen atoms in total. The van der Waals surface area contributed by atoms with Gasteiger partial charge >= 0.3 is 5.92 Å². The molecule has 3 atom stereocenters. The molecule has 4 rings (SSSR count). The fourth-order valence-electron chi connectivity index (χ4n) is 5.97. The number of aliphatic imine (C=N–C) groups is 1. The Labute approximate surface area is 226 Å². The van der Waals surface area contributed by atoms with E-state index in [2.05, 4.69) is 15.2 Å². The number of carbonyl (C=O) groups is 1. The summed E-state index contributed by atoms with van der Waals surface area (Å²) in [7, 11) is -2.75. The Kier molecular flexibility index (Phi) is 8.24. The molecule has 0 aromatic heterocycles. The molecule has 2 heterocycles. The average Bonchev–Trinajstić information content (AvgIpc) is 2.85. The van der Waals surface area contributed by atoms with E-state index in [4.69, 9.17) is 4.74 Å². The van der Waals surface area contributed by atoms with Crippen LogP contribution in [0.25, 0.3) is 0 Å². The van der Waals surface area contributed by atoms with Crippen molar-refractivity contribution in [2.75, 3.05) is 38.3 Å². The molecule has 2 aliphatic heterocycles. The van der Waals surface area contributed by atoms with E-state index in [1.54, 1.807) is 4.90 Å². The zero-order chi connectivity index (χ0) is 28.8. The highest BCUT2D eigenvalue weighted by molar-refractivity contribution is 7.90. The third kappa shape index (κ3) is 5.89. The molecular formula is C26H36F4N4O4S. The fraction of sp³-hybridized carbons (Fsp3) is 0.692. The number of hydrogen-bond donors (Lipinski definition) is 1. The van der Waals surface area contributed by atoms with Crippen LogP contribution in [-0.2, 0) is 19.4 Å². The van der Waals surface area contributed by atoms with Crippen LogP contribution in [0.1, 0.15) is 52.4 Å². The van der Waals surface area contributed by atoms with Crippen molar-refractivity contribution >= 4 is 27.3 Å². The van der Waals surface area contributed by atoms with Crippen molar-refractivity contribution in [3.05, 3.63) is 23.8 Å². The van der Waals surface area contributed by atoms with Gasteiger partial charge in [-0.1, -0.05) is 6.92 Å². The number of halogens is 4. The second-order valence-electron chi connectivity index (χ2n) is 11.0. The molecule has 3 aliphatic rings. The number of nitrogens with zero attached hydrogens (tertiary/aromatic N) is 3. The number of benzene rings is 1. The molecule has 1 saturated carbocycles. The van der Waals surface area contributed by atoms with Gasteiger partial charge in [0.2, 0.25) is 5.91 Å². The highest BCUT2D eigenvalue weighted by Crippen LogP contribution is 2.46. The molecule has 1 N–H and O–H groups in total. The van der Waals surface area contributed by atoms with Crippen molar-refractivity contribution in [1.29, 1.82) is 0 Å². The van der Waals surface area contributed by atoms with Crippen LogP contribution in [-0.4, -0.2) is 86.7 Å². The quantitative estimate of drug-likeness (QED) is 0.299. The van der Waals surface area contributed by atoms with E-state index in [9.17, 15) is 30.8 Å². The van der Waals surface area contributed by atoms with Gasteiger partial charge in [0.05, 0.1) is 12.8 Å². The summed E-state index contributed by atoms with van der Waals surface area (Å²) in [5.41, 5.74) is -1.03. The summed E-state index contributed by atoms with van der Waals surface area (Å²) in [6.07, 6.45) is 4.64. The Hall–Kier alpha value is -2.41. The van der Waals surface area contributed by atoms with Gasteiger partial charge in [0.15, 0.2) is 9.84 Å². The molecule has 1 amide bonds. The predicted molar refractivity (Wildman–Crippen MR) is 139 cm³/mol. The maximum absolute atomic E-state index is 14.6. The second kappa shape index (κ2) is 10.9. The Balaban J connectivity index is 1.44. The zero-order valence-electron chi connectivity index (χ0n) is 22.6. The minimum atomic E-state index is -3.95. The van der Waals surface area contributed by atoms with E-state index in [1.807, 2.05) is 6.92 Å². The van der Waals surface area contributed by atoms with Crippen LogP contribution >= 0.6 is 0 Å². The normalized spacial score (nSPS) is 27.8. The summed E-state index contributed by atoms with van der Waals surface area (Å²) >= 11 is 0. The Bertz CT molecular complexity index is 1230. The summed E-state index contributed by atoms with van der Waals surface area (Å²) in [4.78, 5) is 20.9. The number of anilines is 1. The molecule has 0 spiro atoms. The lowest BCUT2D eigenvalue weighted by Gasteiger charge is -2.55. The van der Waals surface area contributed by atoms with Crippen molar-refractivity contribution in [2.45, 2.75) is 80.9 Å². The van der Waals surface area contributed by atoms with Crippen molar-refractivity contribution in [1.82, 2.24) is 9.80 Å². The van der Waals surface area contributed by atoms with Crippen LogP contribution in [0.4, 0.5) is 23.2 Å². The third-order valence-corrected chi connectivity index (χ3v) is 9.39. The number of carbonyl (C=O) groups excluding carboxylic acids is 1. The van der Waals surface area contributed by atoms with Gasteiger partial charge in [-0.3, -0.25) is 9.69 Å². The number of methoxy groups -OCH3 is 1. The van der Waals surface area contributed by atoms with Gasteiger partial charge in [-0.05, 0) is 50.5 Å². The fourth-order valence-corrected chi connectivity index (χ4v) is 6.70. The van der Waals surface area contributed by atoms with E-state index >= 15 is 0 Å². The molecule has 39 heavy (non-hydrogen) atoms. The van der Waals surface area contributed by atoms with E-state index < -0.39 is 49.9 Å². The number of sulfone groups is 1. The Morgan fingerprint density at radius 3 is 2.31 bits per heavy atom. The van der Waals surface area contributed by atoms with E-state index in [-0.39, 0.29) is 23.6 Å². The molecular weight excluding hydrogens is 540 g/mol. The lowest BCUT2D eigenvalue weighted by atomic mass is 9.72. The van der Waals surface area contributed by atoms with Gasteiger partial charge in [-0.25, -0.2) is 22.2 Å². The molecule has 1 aliphatic carbocycles. The van der Waals surface area contributed by atoms with E-state index in [0.717, 1.165) is 25.7 Å². The van der Waals surface area contributed by atoms with Crippen LogP contribution < -0.4 is 5.32 Å². The zero-order valence-corrected chi connectivity index (χ0v) is 23.5. The number of hydrogen-bond acceptors (Lipinski definition) is 7. The van der Waals surface area contributed by atoms with Crippen LogP contribution in [0.2, 0.25) is 0 Å². The monoisotopic (exact) mass is 576 g/mol. The van der Waals surface area contributed by atoms with Gasteiger partial charge in [-0.15, -0.1) is 0 Å². The predicted octanol–water partition coefficient (Wildman–Crippen LogP) is 4.06. The standard InChI is InChI=1S/C26H36F4N4O4S/c1-16-7-10-26(16,32-24(38-3)25(2,29)30)33-12-8-17(9-13-33)34-11-5-6-20(23(34)35)31-21-14-19(28)22(15-18(21)27)39(4,36)37/h14-17,20,31H,5-13H2,1-4H3. The number of ether oxygens (including phenoxy) is 1. The topological polar surface area (TPSA) is 91.3 Å². The van der Waals surface area contributed by atoms with E-state index in [0.29, 0.717) is 57.8 Å². The van der Waals surface area contributed by atoms with Gasteiger partial charge in [0.25, 0.3) is 5.90 Å². The first-order valence-electron chi connectivity index (χ1n) is 13.2. The minimum Gasteiger partial charge on any atom is -0.480 e. The molecule has 2 saturated heterocycles. The van der Waals surface area contributed by atoms with Crippen LogP contribution in [0.3, 0.4) is 0 Å². The first-order chi connectivity index (χ1) is 18.2. The van der Waals surface area contributed by atoms with Gasteiger partial charge < -0.3 is 15.0 Å². The maximum Gasteiger partial charge on any atom is 0.318 e. The van der Waals surface area contributed by atoms with Crippen molar-refractivity contribution < 1.29 is 35.5 Å². The second-order valence-corrected chi connectivity index (χ2v) is 12.9. The van der Waals surface area contributed by atoms with Crippen molar-refractivity contribution in [3.8, 4) is 0 Å². The molecule has 1 aromatic rings. The van der Waals surface area contributed by atoms with Crippen molar-refractivity contribution in [2.24, 2.45) is 10.9 Å². The summed E-state index contributed by atoms with van der Waals surface area (Å²) in [6, 6.07) is 0.521. The number of alkyl halides is 2. The summed E-state index contributed by atoms with van der Waals surface area (Å²) in [6.45, 7) is 4.43. The first-order valence-corrected chi connectivity index (χ1v) is 15.1. The van der Waals surface area contributed by atoms with E-state index in [1.165, 1.54) is 7.11 Å². The highest BCUT2D eigenvalue weighted by Gasteiger charge is 2.52.